The van der Waals surface area contributed by atoms with E-state index in [9.17, 15) is 14.7 Å². The highest BCUT2D eigenvalue weighted by Gasteiger charge is 2.12. The molecule has 2 N–H and O–H groups in total. The summed E-state index contributed by atoms with van der Waals surface area (Å²) in [4.78, 5) is 23.8. The van der Waals surface area contributed by atoms with E-state index in [1.54, 1.807) is 0 Å². The van der Waals surface area contributed by atoms with Crippen molar-refractivity contribution in [3.63, 3.8) is 0 Å². The first-order valence-electron chi connectivity index (χ1n) is 7.20. The fraction of sp³-hybridized carbons (Fsp3) is 0.222. The molecule has 0 radical (unpaired) electrons. The number of phenols is 1. The lowest BCUT2D eigenvalue weighted by Crippen LogP contribution is -2.21. The summed E-state index contributed by atoms with van der Waals surface area (Å²) in [6, 6.07) is 9.59. The number of hydrogen-bond acceptors (Lipinski definition) is 4. The molecular formula is C18H19NO4. The van der Waals surface area contributed by atoms with Crippen molar-refractivity contribution in [2.45, 2.75) is 20.8 Å². The van der Waals surface area contributed by atoms with Crippen molar-refractivity contribution in [1.82, 2.24) is 0 Å². The Morgan fingerprint density at radius 1 is 1.04 bits per heavy atom. The minimum atomic E-state index is -0.613. The van der Waals surface area contributed by atoms with Crippen LogP contribution in [0, 0.1) is 20.8 Å². The smallest absolute Gasteiger partial charge is 0.338 e. The molecule has 23 heavy (non-hydrogen) atoms. The van der Waals surface area contributed by atoms with Crippen molar-refractivity contribution in [1.29, 1.82) is 0 Å². The fourth-order valence-corrected chi connectivity index (χ4v) is 2.36. The zero-order valence-corrected chi connectivity index (χ0v) is 13.3. The topological polar surface area (TPSA) is 75.6 Å². The Morgan fingerprint density at radius 3 is 2.17 bits per heavy atom. The van der Waals surface area contributed by atoms with E-state index in [0.717, 1.165) is 22.4 Å². The highest BCUT2D eigenvalue weighted by Crippen LogP contribution is 2.21. The van der Waals surface area contributed by atoms with Crippen molar-refractivity contribution in [3.05, 3.63) is 58.7 Å². The molecule has 5 heteroatoms. The van der Waals surface area contributed by atoms with Crippen molar-refractivity contribution >= 4 is 17.6 Å². The van der Waals surface area contributed by atoms with Crippen LogP contribution in [0.4, 0.5) is 5.69 Å². The number of aryl methyl sites for hydroxylation is 3. The van der Waals surface area contributed by atoms with E-state index >= 15 is 0 Å². The Hall–Kier alpha value is -2.82. The fourth-order valence-electron chi connectivity index (χ4n) is 2.36. The van der Waals surface area contributed by atoms with E-state index in [-0.39, 0.29) is 17.9 Å². The van der Waals surface area contributed by atoms with Crippen LogP contribution in [0.3, 0.4) is 0 Å². The summed E-state index contributed by atoms with van der Waals surface area (Å²) < 4.78 is 4.97. The molecule has 0 saturated carbocycles. The number of anilines is 1. The highest BCUT2D eigenvalue weighted by molar-refractivity contribution is 5.96. The van der Waals surface area contributed by atoms with E-state index in [1.165, 1.54) is 24.3 Å². The lowest BCUT2D eigenvalue weighted by atomic mass is 10.1. The second-order valence-electron chi connectivity index (χ2n) is 5.44. The van der Waals surface area contributed by atoms with Crippen LogP contribution in [0.5, 0.6) is 5.75 Å². The monoisotopic (exact) mass is 313 g/mol. The first-order chi connectivity index (χ1) is 10.9. The Balaban J connectivity index is 1.95. The zero-order chi connectivity index (χ0) is 17.0. The molecule has 0 unspecified atom stereocenters. The van der Waals surface area contributed by atoms with Crippen LogP contribution < -0.4 is 5.32 Å². The second kappa shape index (κ2) is 6.96. The predicted octanol–water partition coefficient (Wildman–Crippen LogP) is 3.11. The van der Waals surface area contributed by atoms with Gasteiger partial charge in [-0.1, -0.05) is 17.7 Å². The summed E-state index contributed by atoms with van der Waals surface area (Å²) in [6.45, 7) is 5.45. The van der Waals surface area contributed by atoms with Gasteiger partial charge in [-0.15, -0.1) is 0 Å². The Kier molecular flexibility index (Phi) is 5.01. The molecule has 0 atom stereocenters. The normalized spacial score (nSPS) is 10.2. The Morgan fingerprint density at radius 2 is 1.61 bits per heavy atom. The predicted molar refractivity (Wildman–Crippen MR) is 87.7 cm³/mol. The van der Waals surface area contributed by atoms with Crippen molar-refractivity contribution in [2.24, 2.45) is 0 Å². The van der Waals surface area contributed by atoms with Gasteiger partial charge in [-0.05, 0) is 56.2 Å². The molecule has 0 bridgehead atoms. The standard InChI is InChI=1S/C18H19NO4/c1-11-8-12(2)17(13(3)9-11)19-16(21)10-23-18(22)14-4-6-15(20)7-5-14/h4-9,20H,10H2,1-3H3,(H,19,21). The van der Waals surface area contributed by atoms with E-state index in [1.807, 2.05) is 32.9 Å². The molecule has 5 nitrogen and oxygen atoms in total. The third-order valence-electron chi connectivity index (χ3n) is 3.38. The maximum absolute atomic E-state index is 12.0. The van der Waals surface area contributed by atoms with Gasteiger partial charge in [0.05, 0.1) is 5.56 Å². The molecule has 2 rings (SSSR count). The van der Waals surface area contributed by atoms with Crippen LogP contribution in [0.15, 0.2) is 36.4 Å². The number of nitrogens with one attached hydrogen (secondary N) is 1. The number of esters is 1. The van der Waals surface area contributed by atoms with Crippen LogP contribution in [-0.4, -0.2) is 23.6 Å². The molecular weight excluding hydrogens is 294 g/mol. The number of phenolic OH excluding ortho intramolecular Hbond substituents is 1. The molecule has 2 aromatic carbocycles. The number of carbonyl (C=O) groups excluding carboxylic acids is 2. The van der Waals surface area contributed by atoms with Gasteiger partial charge < -0.3 is 15.2 Å². The first-order valence-corrected chi connectivity index (χ1v) is 7.20. The quantitative estimate of drug-likeness (QED) is 0.850. The summed E-state index contributed by atoms with van der Waals surface area (Å²) in [5, 5.41) is 11.9. The number of ether oxygens (including phenoxy) is 1. The van der Waals surface area contributed by atoms with Crippen LogP contribution in [0.2, 0.25) is 0 Å². The average Bonchev–Trinajstić information content (AvgIpc) is 2.49. The van der Waals surface area contributed by atoms with Crippen molar-refractivity contribution in [2.75, 3.05) is 11.9 Å². The molecule has 0 aliphatic heterocycles. The number of hydrogen-bond donors (Lipinski definition) is 2. The largest absolute Gasteiger partial charge is 0.508 e. The Labute approximate surface area is 134 Å². The van der Waals surface area contributed by atoms with Crippen molar-refractivity contribution < 1.29 is 19.4 Å². The van der Waals surface area contributed by atoms with Crippen LogP contribution in [0.1, 0.15) is 27.0 Å². The molecule has 0 spiro atoms. The number of carbonyl (C=O) groups is 2. The Bertz CT molecular complexity index is 712. The van der Waals surface area contributed by atoms with E-state index in [2.05, 4.69) is 5.32 Å². The molecule has 2 aromatic rings. The molecule has 0 fully saturated rings. The highest BCUT2D eigenvalue weighted by atomic mass is 16.5. The lowest BCUT2D eigenvalue weighted by molar-refractivity contribution is -0.119. The average molecular weight is 313 g/mol. The molecule has 120 valence electrons. The molecule has 0 heterocycles. The number of aromatic hydroxyl groups is 1. The van der Waals surface area contributed by atoms with Gasteiger partial charge in [0.2, 0.25) is 0 Å². The van der Waals surface area contributed by atoms with Gasteiger partial charge in [-0.2, -0.15) is 0 Å². The second-order valence-corrected chi connectivity index (χ2v) is 5.44. The summed E-state index contributed by atoms with van der Waals surface area (Å²) in [7, 11) is 0. The maximum Gasteiger partial charge on any atom is 0.338 e. The number of benzene rings is 2. The number of rotatable bonds is 4. The SMILES string of the molecule is Cc1cc(C)c(NC(=O)COC(=O)c2ccc(O)cc2)c(C)c1. The van der Waals surface area contributed by atoms with Gasteiger partial charge in [-0.25, -0.2) is 4.79 Å². The zero-order valence-electron chi connectivity index (χ0n) is 13.3. The first kappa shape index (κ1) is 16.5. The molecule has 0 aliphatic carbocycles. The van der Waals surface area contributed by atoms with Gasteiger partial charge in [0.25, 0.3) is 5.91 Å². The van der Waals surface area contributed by atoms with Gasteiger partial charge in [0, 0.05) is 5.69 Å². The minimum absolute atomic E-state index is 0.0598. The van der Waals surface area contributed by atoms with Gasteiger partial charge in [0.1, 0.15) is 5.75 Å². The van der Waals surface area contributed by atoms with E-state index in [4.69, 9.17) is 4.74 Å². The summed E-state index contributed by atoms with van der Waals surface area (Å²) in [5.41, 5.74) is 4.05. The molecule has 0 aromatic heterocycles. The summed E-state index contributed by atoms with van der Waals surface area (Å²) >= 11 is 0. The van der Waals surface area contributed by atoms with E-state index in [0.29, 0.717) is 0 Å². The molecule has 0 aliphatic rings. The number of amides is 1. The maximum atomic E-state index is 12.0. The third-order valence-corrected chi connectivity index (χ3v) is 3.38. The van der Waals surface area contributed by atoms with Gasteiger partial charge >= 0.3 is 5.97 Å². The summed E-state index contributed by atoms with van der Waals surface area (Å²) in [6.07, 6.45) is 0. The van der Waals surface area contributed by atoms with Crippen LogP contribution in [0.25, 0.3) is 0 Å². The van der Waals surface area contributed by atoms with Gasteiger partial charge in [-0.3, -0.25) is 4.79 Å². The van der Waals surface area contributed by atoms with Gasteiger partial charge in [0.15, 0.2) is 6.61 Å². The van der Waals surface area contributed by atoms with Crippen molar-refractivity contribution in [3.8, 4) is 5.75 Å². The molecule has 1 amide bonds. The van der Waals surface area contributed by atoms with Crippen LogP contribution >= 0.6 is 0 Å². The van der Waals surface area contributed by atoms with Crippen LogP contribution in [-0.2, 0) is 9.53 Å². The minimum Gasteiger partial charge on any atom is -0.508 e. The lowest BCUT2D eigenvalue weighted by Gasteiger charge is -2.13. The third kappa shape index (κ3) is 4.32. The van der Waals surface area contributed by atoms with E-state index < -0.39 is 11.9 Å². The molecule has 0 saturated heterocycles. The summed E-state index contributed by atoms with van der Waals surface area (Å²) in [5.74, 6) is -0.950.